The van der Waals surface area contributed by atoms with Crippen molar-refractivity contribution in [1.29, 1.82) is 0 Å². The molecule has 0 bridgehead atoms. The molecule has 6 rings (SSSR count). The smallest absolute Gasteiger partial charge is 0.319 e. The Morgan fingerprint density at radius 3 is 2.20 bits per heavy atom. The zero-order valence-electron chi connectivity index (χ0n) is 30.7. The molecule has 3 aromatic carbocycles. The Kier molecular flexibility index (Phi) is 14.0. The van der Waals surface area contributed by atoms with Crippen molar-refractivity contribution in [2.24, 2.45) is 5.73 Å². The fourth-order valence-corrected chi connectivity index (χ4v) is 7.87. The predicted octanol–water partition coefficient (Wildman–Crippen LogP) is 5.65. The highest BCUT2D eigenvalue weighted by Crippen LogP contribution is 2.31. The summed E-state index contributed by atoms with van der Waals surface area (Å²) < 4.78 is 30.1. The molecule has 4 aromatic rings. The van der Waals surface area contributed by atoms with E-state index < -0.39 is 41.6 Å². The topological polar surface area (TPSA) is 137 Å². The van der Waals surface area contributed by atoms with Gasteiger partial charge in [-0.3, -0.25) is 14.5 Å². The van der Waals surface area contributed by atoms with Gasteiger partial charge >= 0.3 is 6.03 Å². The van der Waals surface area contributed by atoms with E-state index in [1.165, 1.54) is 6.07 Å². The third-order valence-corrected chi connectivity index (χ3v) is 11.0. The number of benzene rings is 3. The number of carbonyl (C=O) groups is 3. The number of nitrogens with zero attached hydrogens (tertiary/aromatic N) is 3. The van der Waals surface area contributed by atoms with E-state index in [-0.39, 0.29) is 24.9 Å². The van der Waals surface area contributed by atoms with E-state index in [0.29, 0.717) is 35.4 Å². The molecule has 2 saturated heterocycles. The van der Waals surface area contributed by atoms with Gasteiger partial charge in [0.25, 0.3) is 0 Å². The molecular formula is C40H48Cl2F2N8O3. The highest BCUT2D eigenvalue weighted by Gasteiger charge is 2.28. The first-order chi connectivity index (χ1) is 26.6. The van der Waals surface area contributed by atoms with E-state index in [9.17, 15) is 23.2 Å². The number of carbonyl (C=O) groups excluding carboxylic acids is 3. The molecule has 4 amide bonds. The van der Waals surface area contributed by atoms with Crippen molar-refractivity contribution in [2.75, 3.05) is 51.1 Å². The van der Waals surface area contributed by atoms with E-state index in [1.807, 2.05) is 12.1 Å². The molecule has 0 unspecified atom stereocenters. The Hall–Kier alpha value is -4.27. The summed E-state index contributed by atoms with van der Waals surface area (Å²) >= 11 is 13.1. The minimum atomic E-state index is -1.26. The number of fused-ring (bicyclic) bond motifs is 1. The number of hydrogen-bond donors (Lipinski definition) is 5. The van der Waals surface area contributed by atoms with Crippen LogP contribution in [-0.2, 0) is 29.1 Å². The quantitative estimate of drug-likeness (QED) is 0.0996. The largest absolute Gasteiger partial charge is 0.353 e. The number of nitrogens with two attached hydrogens (primary N) is 1. The van der Waals surface area contributed by atoms with E-state index in [4.69, 9.17) is 28.9 Å². The number of anilines is 1. The Labute approximate surface area is 329 Å². The monoisotopic (exact) mass is 796 g/mol. The lowest BCUT2D eigenvalue weighted by Gasteiger charge is -2.24. The molecule has 3 heterocycles. The van der Waals surface area contributed by atoms with Crippen LogP contribution in [-0.4, -0.2) is 90.1 Å². The molecule has 2 aliphatic heterocycles. The van der Waals surface area contributed by atoms with Crippen molar-refractivity contribution in [3.63, 3.8) is 0 Å². The van der Waals surface area contributed by atoms with Crippen LogP contribution in [0.25, 0.3) is 10.9 Å². The van der Waals surface area contributed by atoms with Crippen molar-refractivity contribution in [3.8, 4) is 0 Å². The lowest BCUT2D eigenvalue weighted by molar-refractivity contribution is -0.130. The molecule has 2 atom stereocenters. The van der Waals surface area contributed by atoms with Crippen LogP contribution in [0.1, 0.15) is 48.8 Å². The Morgan fingerprint density at radius 2 is 1.51 bits per heavy atom. The fourth-order valence-electron chi connectivity index (χ4n) is 7.35. The minimum Gasteiger partial charge on any atom is -0.353 e. The highest BCUT2D eigenvalue weighted by molar-refractivity contribution is 6.36. The van der Waals surface area contributed by atoms with Crippen LogP contribution >= 0.6 is 23.2 Å². The molecule has 11 nitrogen and oxygen atoms in total. The first-order valence-corrected chi connectivity index (χ1v) is 19.6. The lowest BCUT2D eigenvalue weighted by atomic mass is 10.0. The molecule has 0 saturated carbocycles. The van der Waals surface area contributed by atoms with Crippen LogP contribution in [0.3, 0.4) is 0 Å². The number of amides is 4. The summed E-state index contributed by atoms with van der Waals surface area (Å²) in [5, 5.41) is 13.2. The summed E-state index contributed by atoms with van der Waals surface area (Å²) in [5.41, 5.74) is 9.27. The minimum absolute atomic E-state index is 0.124. The number of rotatable bonds is 16. The van der Waals surface area contributed by atoms with E-state index in [2.05, 4.69) is 41.8 Å². The maximum absolute atomic E-state index is 14.2. The molecule has 6 N–H and O–H groups in total. The van der Waals surface area contributed by atoms with Gasteiger partial charge in [0, 0.05) is 58.9 Å². The van der Waals surface area contributed by atoms with Crippen molar-refractivity contribution in [3.05, 3.63) is 99.2 Å². The second kappa shape index (κ2) is 19.1. The van der Waals surface area contributed by atoms with Gasteiger partial charge in [-0.1, -0.05) is 41.4 Å². The third kappa shape index (κ3) is 10.7. The summed E-state index contributed by atoms with van der Waals surface area (Å²) in [5.74, 6) is -3.20. The molecule has 2 fully saturated rings. The van der Waals surface area contributed by atoms with Crippen LogP contribution in [0.15, 0.2) is 60.8 Å². The molecular weight excluding hydrogens is 749 g/mol. The number of nitrogens with one attached hydrogen (secondary N) is 4. The summed E-state index contributed by atoms with van der Waals surface area (Å²) in [6, 6.07) is 11.3. The summed E-state index contributed by atoms with van der Waals surface area (Å²) in [6.45, 7) is 6.42. The van der Waals surface area contributed by atoms with Gasteiger partial charge in [-0.15, -0.1) is 0 Å². The predicted molar refractivity (Wildman–Crippen MR) is 212 cm³/mol. The van der Waals surface area contributed by atoms with Crippen molar-refractivity contribution >= 4 is 57.6 Å². The van der Waals surface area contributed by atoms with Gasteiger partial charge in [0.1, 0.15) is 12.1 Å². The fraction of sp³-hybridized carbons (Fsp3) is 0.425. The molecule has 15 heteroatoms. The second-order valence-corrected chi connectivity index (χ2v) is 15.1. The first-order valence-electron chi connectivity index (χ1n) is 18.9. The van der Waals surface area contributed by atoms with Crippen LogP contribution in [0.2, 0.25) is 10.0 Å². The summed E-state index contributed by atoms with van der Waals surface area (Å²) in [7, 11) is 0. The zero-order valence-corrected chi connectivity index (χ0v) is 32.2. The maximum Gasteiger partial charge on any atom is 0.319 e. The van der Waals surface area contributed by atoms with Gasteiger partial charge in [-0.25, -0.2) is 13.6 Å². The molecule has 294 valence electrons. The van der Waals surface area contributed by atoms with Gasteiger partial charge in [0.15, 0.2) is 11.6 Å². The standard InChI is InChI=1S/C40H48Cl2F2N8O3/c41-31-6-5-7-32(42)30(31)25-52-24-27(23-51-17-3-4-18-51)29-10-9-28(22-37(29)52)47-40(55)49-36(21-26-8-11-33(43)34(44)20-26)39(54)48-35(12-13-45)38(53)46-14-19-50-15-1-2-16-50/h5-11,20,22,24,35-36H,1-4,12-19,21,23,25,45H2,(H,46,53)(H,48,54)(H2,47,49,55)/t35-,36-/m0/s1. The number of urea groups is 1. The SMILES string of the molecule is NCC[C@H](NC(=O)[C@H](Cc1ccc(F)c(F)c1)NC(=O)Nc1ccc2c(CN3CCCC3)cn(Cc3c(Cl)cccc3Cl)c2c1)C(=O)NCCN1CCCC1. The van der Waals surface area contributed by atoms with Crippen LogP contribution in [0.4, 0.5) is 19.3 Å². The highest BCUT2D eigenvalue weighted by atomic mass is 35.5. The molecule has 55 heavy (non-hydrogen) atoms. The van der Waals surface area contributed by atoms with Crippen molar-refractivity contribution in [1.82, 2.24) is 30.3 Å². The number of likely N-dealkylation sites (tertiary alicyclic amines) is 2. The van der Waals surface area contributed by atoms with E-state index in [0.717, 1.165) is 92.6 Å². The van der Waals surface area contributed by atoms with Crippen LogP contribution in [0, 0.1) is 11.6 Å². The molecule has 0 aliphatic carbocycles. The average molecular weight is 798 g/mol. The third-order valence-electron chi connectivity index (χ3n) is 10.3. The maximum atomic E-state index is 14.2. The first kappa shape index (κ1) is 40.4. The molecule has 1 aromatic heterocycles. The zero-order chi connectivity index (χ0) is 38.9. The Morgan fingerprint density at radius 1 is 0.800 bits per heavy atom. The second-order valence-electron chi connectivity index (χ2n) is 14.3. The summed E-state index contributed by atoms with van der Waals surface area (Å²) in [6.07, 6.45) is 6.64. The number of hydrogen-bond acceptors (Lipinski definition) is 6. The Bertz CT molecular complexity index is 1960. The van der Waals surface area contributed by atoms with Gasteiger partial charge in [-0.2, -0.15) is 0 Å². The van der Waals surface area contributed by atoms with E-state index >= 15 is 0 Å². The van der Waals surface area contributed by atoms with Gasteiger partial charge in [0.2, 0.25) is 11.8 Å². The van der Waals surface area contributed by atoms with E-state index in [1.54, 1.807) is 24.3 Å². The van der Waals surface area contributed by atoms with Crippen LogP contribution in [0.5, 0.6) is 0 Å². The van der Waals surface area contributed by atoms with Crippen molar-refractivity contribution < 1.29 is 23.2 Å². The number of halogens is 4. The van der Waals surface area contributed by atoms with Crippen LogP contribution < -0.4 is 27.0 Å². The average Bonchev–Trinajstić information content (AvgIpc) is 3.94. The number of aromatic nitrogens is 1. The molecule has 2 aliphatic rings. The summed E-state index contributed by atoms with van der Waals surface area (Å²) in [4.78, 5) is 45.2. The normalized spacial score (nSPS) is 15.9. The van der Waals surface area contributed by atoms with Gasteiger partial charge < -0.3 is 36.5 Å². The van der Waals surface area contributed by atoms with Gasteiger partial charge in [0.05, 0.1) is 12.1 Å². The molecule has 0 radical (unpaired) electrons. The Balaban J connectivity index is 1.20. The lowest BCUT2D eigenvalue weighted by Crippen LogP contribution is -2.55. The molecule has 0 spiro atoms. The van der Waals surface area contributed by atoms with Crippen molar-refractivity contribution in [2.45, 2.75) is 63.7 Å². The van der Waals surface area contributed by atoms with Gasteiger partial charge in [-0.05, 0) is 112 Å².